The summed E-state index contributed by atoms with van der Waals surface area (Å²) in [6, 6.07) is 4.01. The van der Waals surface area contributed by atoms with E-state index >= 15 is 8.78 Å². The molecule has 3 aromatic heterocycles. The summed E-state index contributed by atoms with van der Waals surface area (Å²) in [5, 5.41) is 11.3. The molecular formula is C43H44ClF10N8O7PS3. The van der Waals surface area contributed by atoms with Crippen molar-refractivity contribution in [1.29, 1.82) is 0 Å². The third-order valence-corrected chi connectivity index (χ3v) is 14.7. The van der Waals surface area contributed by atoms with Gasteiger partial charge in [0.1, 0.15) is 51.8 Å². The minimum atomic E-state index is -5.23. The molecule has 3 unspecified atom stereocenters. The Morgan fingerprint density at radius 2 is 1.63 bits per heavy atom. The van der Waals surface area contributed by atoms with Crippen LogP contribution in [0.4, 0.5) is 54.5 Å². The number of alkyl halides is 8. The highest BCUT2D eigenvalue weighted by Gasteiger charge is 2.53. The number of nitrogens with one attached hydrogen (secondary N) is 2. The second kappa shape index (κ2) is 22.0. The Labute approximate surface area is 426 Å². The summed E-state index contributed by atoms with van der Waals surface area (Å²) in [6.07, 6.45) is -10.6. The van der Waals surface area contributed by atoms with Crippen LogP contribution in [-0.4, -0.2) is 90.8 Å². The van der Waals surface area contributed by atoms with Gasteiger partial charge in [-0.25, -0.2) is 22.8 Å². The third kappa shape index (κ3) is 13.8. The predicted octanol–water partition coefficient (Wildman–Crippen LogP) is 8.51. The zero-order valence-electron chi connectivity index (χ0n) is 38.7. The average molecular weight is 1140 g/mol. The van der Waals surface area contributed by atoms with Crippen LogP contribution in [0.3, 0.4) is 0 Å². The third-order valence-electron chi connectivity index (χ3n) is 11.1. The number of rotatable bonds is 15. The standard InChI is InChI=1S/C43H42ClF10N8O7PS2.H2S/c1-22-19-41(47,48)37-32(22)36(43(52,53)54)58-60(37)20-31(63)57-30(17-23-15-24(45)18-25(46)16-23)34-27(8-7-26(56-34)11-12-40(2,3)71(4)68)28-9-10-29(44)33-35(28)61(21-42(49,50)51)59-38(33)62(72(5)69)39(64)55-13-6-14-70(65,66)67;/h7-10,15-16,18,22,30H,6,13-14,17,19-21H2,1-5H3,(H,55,64)(H,57,63)(H2,65,66,67);1H2/t22-,30?,71?,72?;/m0./s1. The first-order chi connectivity index (χ1) is 33.2. The molecule has 0 aliphatic heterocycles. The highest BCUT2D eigenvalue weighted by atomic mass is 35.5. The van der Waals surface area contributed by atoms with E-state index in [1.54, 1.807) is 0 Å². The second-order valence-electron chi connectivity index (χ2n) is 17.1. The molecule has 0 saturated carbocycles. The van der Waals surface area contributed by atoms with Crippen LogP contribution < -0.4 is 14.9 Å². The SMILES string of the molecule is C[C@H]1CC(F)(F)c2c1c(C(F)(F)F)nn2CC(=O)NC(Cc1cc(F)cc(F)c1)c1nc(C#CC(C)(C)S(C)=O)ccc1-c1ccc(Cl)c2c(N(C(=O)NCCCP(=O)(O)O)S(C)=O)nn(CC(F)(F)F)c12.S. The molecule has 0 spiro atoms. The fourth-order valence-electron chi connectivity index (χ4n) is 7.91. The number of urea groups is 1. The Hall–Kier alpha value is -5.04. The number of benzene rings is 2. The molecule has 0 fully saturated rings. The van der Waals surface area contributed by atoms with Crippen molar-refractivity contribution in [3.05, 3.63) is 93.0 Å². The summed E-state index contributed by atoms with van der Waals surface area (Å²) in [5.41, 5.74) is -5.42. The van der Waals surface area contributed by atoms with Gasteiger partial charge in [0.25, 0.3) is 5.92 Å². The Kier molecular flexibility index (Phi) is 17.8. The van der Waals surface area contributed by atoms with Crippen molar-refractivity contribution in [3.63, 3.8) is 0 Å². The van der Waals surface area contributed by atoms with E-state index in [-0.39, 0.29) is 57.7 Å². The van der Waals surface area contributed by atoms with Crippen molar-refractivity contribution in [2.24, 2.45) is 0 Å². The number of fused-ring (bicyclic) bond motifs is 2. The van der Waals surface area contributed by atoms with Crippen LogP contribution in [0.5, 0.6) is 0 Å². The van der Waals surface area contributed by atoms with Gasteiger partial charge in [0.2, 0.25) is 5.91 Å². The van der Waals surface area contributed by atoms with Crippen molar-refractivity contribution in [1.82, 2.24) is 35.2 Å². The number of anilines is 1. The van der Waals surface area contributed by atoms with Crippen molar-refractivity contribution in [2.45, 2.75) is 88.1 Å². The number of pyridine rings is 1. The highest BCUT2D eigenvalue weighted by molar-refractivity contribution is 7.86. The number of carbonyl (C=O) groups excluding carboxylic acids is 2. The van der Waals surface area contributed by atoms with Crippen molar-refractivity contribution in [2.75, 3.05) is 29.5 Å². The van der Waals surface area contributed by atoms with E-state index in [0.717, 1.165) is 31.4 Å². The molecule has 1 aliphatic carbocycles. The number of hydrogen-bond donors (Lipinski definition) is 4. The molecule has 0 radical (unpaired) electrons. The molecule has 1 aliphatic rings. The molecule has 73 heavy (non-hydrogen) atoms. The lowest BCUT2D eigenvalue weighted by Gasteiger charge is -2.23. The molecule has 0 saturated heterocycles. The second-order valence-corrected chi connectivity index (χ2v) is 22.5. The topological polar surface area (TPSA) is 202 Å². The molecule has 5 aromatic rings. The van der Waals surface area contributed by atoms with Crippen LogP contribution in [0.2, 0.25) is 5.02 Å². The molecule has 4 N–H and O–H groups in total. The summed E-state index contributed by atoms with van der Waals surface area (Å²) >= 11 is 6.66. The van der Waals surface area contributed by atoms with E-state index in [9.17, 15) is 67.5 Å². The van der Waals surface area contributed by atoms with Gasteiger partial charge in [-0.1, -0.05) is 30.5 Å². The lowest BCUT2D eigenvalue weighted by Crippen LogP contribution is -2.41. The molecule has 6 rings (SSSR count). The summed E-state index contributed by atoms with van der Waals surface area (Å²) in [5.74, 6) is -3.97. The first kappa shape index (κ1) is 58.8. The summed E-state index contributed by atoms with van der Waals surface area (Å²) < 4.78 is 183. The number of carbonyl (C=O) groups is 2. The number of halogens is 11. The molecule has 2 aromatic carbocycles. The number of hydrogen-bond acceptors (Lipinski definition) is 8. The van der Waals surface area contributed by atoms with E-state index in [1.165, 1.54) is 38.3 Å². The summed E-state index contributed by atoms with van der Waals surface area (Å²) in [6.45, 7) is 0.559. The maximum atomic E-state index is 15.4. The minimum Gasteiger partial charge on any atom is -0.346 e. The summed E-state index contributed by atoms with van der Waals surface area (Å²) in [7, 11) is -8.54. The van der Waals surface area contributed by atoms with Crippen molar-refractivity contribution >= 4 is 83.1 Å². The fourth-order valence-corrected chi connectivity index (χ4v) is 9.58. The van der Waals surface area contributed by atoms with Crippen LogP contribution in [0.1, 0.15) is 79.5 Å². The number of aromatic nitrogens is 5. The van der Waals surface area contributed by atoms with E-state index in [1.807, 2.05) is 0 Å². The lowest BCUT2D eigenvalue weighted by molar-refractivity contribution is -0.143. The van der Waals surface area contributed by atoms with Crippen LogP contribution in [0.25, 0.3) is 22.0 Å². The number of amides is 3. The van der Waals surface area contributed by atoms with E-state index in [4.69, 9.17) is 11.6 Å². The normalized spacial score (nSPS) is 15.9. The first-order valence-corrected chi connectivity index (χ1v) is 26.3. The van der Waals surface area contributed by atoms with Gasteiger partial charge in [-0.2, -0.15) is 63.1 Å². The maximum Gasteiger partial charge on any atom is 0.435 e. The van der Waals surface area contributed by atoms with Gasteiger partial charge in [0, 0.05) is 59.0 Å². The minimum absolute atomic E-state index is 0. The van der Waals surface area contributed by atoms with Gasteiger partial charge in [-0.3, -0.25) is 22.9 Å². The summed E-state index contributed by atoms with van der Waals surface area (Å²) in [4.78, 5) is 50.8. The van der Waals surface area contributed by atoms with Gasteiger partial charge in [-0.05, 0) is 74.4 Å². The smallest absolute Gasteiger partial charge is 0.346 e. The zero-order chi connectivity index (χ0) is 53.6. The average Bonchev–Trinajstić information content (AvgIpc) is 3.87. The molecule has 398 valence electrons. The quantitative estimate of drug-likeness (QED) is 0.0341. The maximum absolute atomic E-state index is 15.4. The Morgan fingerprint density at radius 3 is 2.21 bits per heavy atom. The Balaban J connectivity index is 0.00000988. The van der Waals surface area contributed by atoms with Gasteiger partial charge in [0.05, 0.1) is 33.8 Å². The molecule has 4 atom stereocenters. The molecule has 0 bridgehead atoms. The van der Waals surface area contributed by atoms with Crippen LogP contribution in [0, 0.1) is 23.5 Å². The van der Waals surface area contributed by atoms with E-state index in [2.05, 4.69) is 37.7 Å². The van der Waals surface area contributed by atoms with Crippen molar-refractivity contribution in [3.8, 4) is 23.0 Å². The molecule has 15 nitrogen and oxygen atoms in total. The molecule has 30 heteroatoms. The largest absolute Gasteiger partial charge is 0.435 e. The first-order valence-electron chi connectivity index (χ1n) is 21.1. The van der Waals surface area contributed by atoms with Crippen LogP contribution >= 0.6 is 32.7 Å². The monoisotopic (exact) mass is 1140 g/mol. The fraction of sp³-hybridized carbons (Fsp3) is 0.419. The van der Waals surface area contributed by atoms with Gasteiger partial charge in [-0.15, -0.1) is 0 Å². The van der Waals surface area contributed by atoms with Gasteiger partial charge >= 0.3 is 26.0 Å². The Morgan fingerprint density at radius 1 is 1.00 bits per heavy atom. The van der Waals surface area contributed by atoms with Gasteiger partial charge in [0.15, 0.2) is 11.5 Å². The van der Waals surface area contributed by atoms with E-state index < -0.39 is 160 Å². The predicted molar refractivity (Wildman–Crippen MR) is 256 cm³/mol. The molecule has 3 amide bonds. The molecular weight excluding hydrogens is 1090 g/mol. The zero-order valence-corrected chi connectivity index (χ0v) is 43.0. The number of nitrogens with zero attached hydrogens (tertiary/aromatic N) is 6. The van der Waals surface area contributed by atoms with Crippen LogP contribution in [-0.2, 0) is 62.8 Å². The van der Waals surface area contributed by atoms with Crippen molar-refractivity contribution < 1.29 is 76.3 Å². The Bertz CT molecular complexity index is 3100. The van der Waals surface area contributed by atoms with Gasteiger partial charge < -0.3 is 20.4 Å². The highest BCUT2D eigenvalue weighted by Crippen LogP contribution is 2.52. The van der Waals surface area contributed by atoms with Crippen LogP contribution in [0.15, 0.2) is 42.5 Å². The molecule has 3 heterocycles. The van der Waals surface area contributed by atoms with E-state index in [0.29, 0.717) is 15.1 Å². The lowest BCUT2D eigenvalue weighted by atomic mass is 9.93.